The second-order valence-corrected chi connectivity index (χ2v) is 6.45. The van der Waals surface area contributed by atoms with Gasteiger partial charge in [-0.15, -0.1) is 0 Å². The predicted molar refractivity (Wildman–Crippen MR) is 81.5 cm³/mol. The molecule has 1 atom stereocenters. The molecule has 0 saturated heterocycles. The largest absolute Gasteiger partial charge is 0.376 e. The van der Waals surface area contributed by atoms with Crippen LogP contribution in [0, 0.1) is 6.92 Å². The lowest BCUT2D eigenvalue weighted by atomic mass is 10.1. The van der Waals surface area contributed by atoms with Gasteiger partial charge < -0.3 is 5.32 Å². The highest BCUT2D eigenvalue weighted by atomic mass is 32.2. The van der Waals surface area contributed by atoms with Crippen molar-refractivity contribution in [2.45, 2.75) is 24.8 Å². The van der Waals surface area contributed by atoms with E-state index in [2.05, 4.69) is 20.0 Å². The van der Waals surface area contributed by atoms with Gasteiger partial charge in [0.25, 0.3) is 0 Å². The van der Waals surface area contributed by atoms with Crippen molar-refractivity contribution in [2.75, 3.05) is 12.4 Å². The Hall–Kier alpha value is -1.99. The van der Waals surface area contributed by atoms with Crippen LogP contribution in [0.15, 0.2) is 41.6 Å². The van der Waals surface area contributed by atoms with E-state index in [-0.39, 0.29) is 10.9 Å². The Bertz CT molecular complexity index is 731. The van der Waals surface area contributed by atoms with Crippen LogP contribution >= 0.6 is 0 Å². The van der Waals surface area contributed by atoms with Crippen molar-refractivity contribution in [2.24, 2.45) is 0 Å². The summed E-state index contributed by atoms with van der Waals surface area (Å²) in [6.07, 6.45) is 3.25. The van der Waals surface area contributed by atoms with Crippen LogP contribution in [0.2, 0.25) is 0 Å². The molecule has 2 N–H and O–H groups in total. The Balaban J connectivity index is 2.35. The summed E-state index contributed by atoms with van der Waals surface area (Å²) < 4.78 is 26.4. The number of aromatic nitrogens is 2. The van der Waals surface area contributed by atoms with Crippen molar-refractivity contribution >= 4 is 15.7 Å². The summed E-state index contributed by atoms with van der Waals surface area (Å²) in [6, 6.07) is 6.60. The third-order valence-corrected chi connectivity index (χ3v) is 4.62. The highest BCUT2D eigenvalue weighted by Gasteiger charge is 2.18. The van der Waals surface area contributed by atoms with Gasteiger partial charge in [0, 0.05) is 12.4 Å². The first-order valence-electron chi connectivity index (χ1n) is 6.52. The van der Waals surface area contributed by atoms with E-state index in [1.54, 1.807) is 36.7 Å². The highest BCUT2D eigenvalue weighted by molar-refractivity contribution is 7.89. The monoisotopic (exact) mass is 306 g/mol. The third kappa shape index (κ3) is 3.37. The minimum Gasteiger partial charge on any atom is -0.376 e. The van der Waals surface area contributed by atoms with Crippen LogP contribution in [0.3, 0.4) is 0 Å². The lowest BCUT2D eigenvalue weighted by molar-refractivity contribution is 0.588. The van der Waals surface area contributed by atoms with E-state index in [9.17, 15) is 8.42 Å². The molecule has 112 valence electrons. The Morgan fingerprint density at radius 1 is 1.14 bits per heavy atom. The zero-order valence-electron chi connectivity index (χ0n) is 12.2. The Kier molecular flexibility index (Phi) is 4.54. The Morgan fingerprint density at radius 2 is 1.81 bits per heavy atom. The molecule has 21 heavy (non-hydrogen) atoms. The Labute approximate surface area is 124 Å². The fourth-order valence-corrected chi connectivity index (χ4v) is 2.97. The number of nitrogens with one attached hydrogen (secondary N) is 2. The van der Waals surface area contributed by atoms with Crippen molar-refractivity contribution < 1.29 is 8.42 Å². The van der Waals surface area contributed by atoms with Crippen LogP contribution in [0.4, 0.5) is 5.69 Å². The van der Waals surface area contributed by atoms with Crippen molar-refractivity contribution in [3.8, 4) is 0 Å². The molecule has 0 spiro atoms. The molecule has 1 aromatic heterocycles. The number of aryl methyl sites for hydroxylation is 1. The number of sulfonamides is 1. The van der Waals surface area contributed by atoms with E-state index in [0.717, 1.165) is 11.4 Å². The molecule has 6 nitrogen and oxygen atoms in total. The lowest BCUT2D eigenvalue weighted by Gasteiger charge is -2.18. The summed E-state index contributed by atoms with van der Waals surface area (Å²) in [4.78, 5) is 8.70. The van der Waals surface area contributed by atoms with Crippen LogP contribution < -0.4 is 10.0 Å². The van der Waals surface area contributed by atoms with Gasteiger partial charge in [-0.3, -0.25) is 9.97 Å². The molecular weight excluding hydrogens is 288 g/mol. The average Bonchev–Trinajstić information content (AvgIpc) is 2.48. The van der Waals surface area contributed by atoms with Crippen molar-refractivity contribution in [1.82, 2.24) is 14.7 Å². The van der Waals surface area contributed by atoms with Crippen LogP contribution in [-0.4, -0.2) is 25.4 Å². The van der Waals surface area contributed by atoms with Gasteiger partial charge in [0.1, 0.15) is 4.90 Å². The molecule has 0 saturated carbocycles. The fraction of sp³-hybridized carbons (Fsp3) is 0.286. The summed E-state index contributed by atoms with van der Waals surface area (Å²) in [7, 11) is -2.12. The minimum atomic E-state index is -3.52. The quantitative estimate of drug-likeness (QED) is 0.881. The van der Waals surface area contributed by atoms with Crippen molar-refractivity contribution in [1.29, 1.82) is 0 Å². The molecule has 2 aromatic rings. The summed E-state index contributed by atoms with van der Waals surface area (Å²) in [5.41, 5.74) is 2.13. The van der Waals surface area contributed by atoms with Gasteiger partial charge >= 0.3 is 0 Å². The summed E-state index contributed by atoms with van der Waals surface area (Å²) in [5.74, 6) is 0. The van der Waals surface area contributed by atoms with E-state index < -0.39 is 10.0 Å². The molecule has 0 amide bonds. The van der Waals surface area contributed by atoms with Gasteiger partial charge in [-0.1, -0.05) is 12.1 Å². The number of hydrogen-bond donors (Lipinski definition) is 2. The number of nitrogens with zero attached hydrogens (tertiary/aromatic N) is 2. The van der Waals surface area contributed by atoms with Gasteiger partial charge in [0.05, 0.1) is 23.1 Å². The smallest absolute Gasteiger partial charge is 0.242 e. The molecule has 7 heteroatoms. The van der Waals surface area contributed by atoms with E-state index in [1.165, 1.54) is 7.05 Å². The molecule has 0 bridgehead atoms. The first-order chi connectivity index (χ1) is 9.95. The van der Waals surface area contributed by atoms with Gasteiger partial charge in [0.2, 0.25) is 10.0 Å². The van der Waals surface area contributed by atoms with Crippen LogP contribution in [0.5, 0.6) is 0 Å². The molecule has 0 fully saturated rings. The number of rotatable bonds is 5. The van der Waals surface area contributed by atoms with Gasteiger partial charge in [-0.2, -0.15) is 0 Å². The zero-order chi connectivity index (χ0) is 15.5. The van der Waals surface area contributed by atoms with Crippen molar-refractivity contribution in [3.05, 3.63) is 48.0 Å². The number of para-hydroxylation sites is 1. The summed E-state index contributed by atoms with van der Waals surface area (Å²) >= 11 is 0. The fourth-order valence-electron chi connectivity index (χ4n) is 2.08. The van der Waals surface area contributed by atoms with Gasteiger partial charge in [-0.25, -0.2) is 13.1 Å². The maximum Gasteiger partial charge on any atom is 0.242 e. The normalized spacial score (nSPS) is 12.9. The maximum absolute atomic E-state index is 12.0. The molecular formula is C14H18N4O2S. The number of benzene rings is 1. The summed E-state index contributed by atoms with van der Waals surface area (Å²) in [5, 5.41) is 3.19. The number of hydrogen-bond acceptors (Lipinski definition) is 5. The lowest BCUT2D eigenvalue weighted by Crippen LogP contribution is -2.21. The number of anilines is 1. The van der Waals surface area contributed by atoms with Gasteiger partial charge in [0.15, 0.2) is 0 Å². The first kappa shape index (κ1) is 15.4. The molecule has 0 radical (unpaired) electrons. The molecule has 1 heterocycles. The maximum atomic E-state index is 12.0. The van der Waals surface area contributed by atoms with E-state index >= 15 is 0 Å². The van der Waals surface area contributed by atoms with E-state index in [4.69, 9.17) is 0 Å². The average molecular weight is 306 g/mol. The molecule has 0 aliphatic carbocycles. The highest BCUT2D eigenvalue weighted by Crippen LogP contribution is 2.25. The second-order valence-electron chi connectivity index (χ2n) is 4.60. The van der Waals surface area contributed by atoms with E-state index in [0.29, 0.717) is 5.69 Å². The SMILES string of the molecule is CNS(=O)(=O)c1ccccc1NC(C)c1nccnc1C. The predicted octanol–water partition coefficient (Wildman–Crippen LogP) is 1.87. The van der Waals surface area contributed by atoms with E-state index in [1.807, 2.05) is 13.8 Å². The van der Waals surface area contributed by atoms with Crippen LogP contribution in [-0.2, 0) is 10.0 Å². The zero-order valence-corrected chi connectivity index (χ0v) is 13.0. The second kappa shape index (κ2) is 6.19. The topological polar surface area (TPSA) is 84.0 Å². The molecule has 0 aliphatic rings. The summed E-state index contributed by atoms with van der Waals surface area (Å²) in [6.45, 7) is 3.79. The molecule has 1 aromatic carbocycles. The van der Waals surface area contributed by atoms with Crippen molar-refractivity contribution in [3.63, 3.8) is 0 Å². The van der Waals surface area contributed by atoms with Gasteiger partial charge in [-0.05, 0) is 33.0 Å². The Morgan fingerprint density at radius 3 is 2.48 bits per heavy atom. The molecule has 2 rings (SSSR count). The standard InChI is InChI=1S/C14H18N4O2S/c1-10-14(17-9-8-16-10)11(2)18-12-6-4-5-7-13(12)21(19,20)15-3/h4-9,11,15,18H,1-3H3. The third-order valence-electron chi connectivity index (χ3n) is 3.15. The van der Waals surface area contributed by atoms with Crippen LogP contribution in [0.1, 0.15) is 24.4 Å². The first-order valence-corrected chi connectivity index (χ1v) is 8.00. The van der Waals surface area contributed by atoms with Crippen LogP contribution in [0.25, 0.3) is 0 Å². The minimum absolute atomic E-state index is 0.160. The molecule has 1 unspecified atom stereocenters. The molecule has 0 aliphatic heterocycles.